The smallest absolute Gasteiger partial charge is 0.254 e. The maximum absolute atomic E-state index is 12.5. The highest BCUT2D eigenvalue weighted by Gasteiger charge is 2.22. The van der Waals surface area contributed by atoms with Crippen molar-refractivity contribution in [3.63, 3.8) is 0 Å². The van der Waals surface area contributed by atoms with Crippen molar-refractivity contribution in [1.29, 1.82) is 0 Å². The van der Waals surface area contributed by atoms with Gasteiger partial charge in [-0.2, -0.15) is 0 Å². The first kappa shape index (κ1) is 13.6. The Morgan fingerprint density at radius 3 is 2.42 bits per heavy atom. The molecule has 0 unspecified atom stereocenters. The van der Waals surface area contributed by atoms with E-state index in [4.69, 9.17) is 4.42 Å². The highest BCUT2D eigenvalue weighted by atomic mass is 16.3. The van der Waals surface area contributed by atoms with Crippen molar-refractivity contribution in [3.8, 4) is 0 Å². The molecule has 0 bridgehead atoms. The minimum Gasteiger partial charge on any atom is -0.441 e. The van der Waals surface area contributed by atoms with E-state index >= 15 is 0 Å². The zero-order valence-corrected chi connectivity index (χ0v) is 12.1. The summed E-state index contributed by atoms with van der Waals surface area (Å²) in [6.45, 7) is 9.90. The summed E-state index contributed by atoms with van der Waals surface area (Å²) < 4.78 is 5.42. The molecule has 0 N–H and O–H groups in total. The Balaban J connectivity index is 2.39. The van der Waals surface area contributed by atoms with Gasteiger partial charge in [-0.3, -0.25) is 4.79 Å². The fourth-order valence-corrected chi connectivity index (χ4v) is 2.39. The molecule has 0 aliphatic heterocycles. The standard InChI is InChI=1S/C15H20N2O2/c1-9(2)17(10(3)4)15(18)12-6-7-14-13(8-12)16-11(5)19-14/h6-10H,1-5H3. The van der Waals surface area contributed by atoms with Gasteiger partial charge in [0.05, 0.1) is 0 Å². The van der Waals surface area contributed by atoms with Gasteiger partial charge in [0.15, 0.2) is 11.5 Å². The van der Waals surface area contributed by atoms with Crippen LogP contribution in [0.1, 0.15) is 43.9 Å². The van der Waals surface area contributed by atoms with E-state index in [2.05, 4.69) is 4.98 Å². The lowest BCUT2D eigenvalue weighted by Crippen LogP contribution is -2.42. The number of oxazole rings is 1. The Bertz CT molecular complexity index is 591. The normalized spacial score (nSPS) is 11.5. The molecule has 4 nitrogen and oxygen atoms in total. The minimum absolute atomic E-state index is 0.0348. The highest BCUT2D eigenvalue weighted by Crippen LogP contribution is 2.19. The molecule has 19 heavy (non-hydrogen) atoms. The van der Waals surface area contributed by atoms with E-state index in [1.807, 2.05) is 32.6 Å². The van der Waals surface area contributed by atoms with E-state index in [1.165, 1.54) is 0 Å². The lowest BCUT2D eigenvalue weighted by molar-refractivity contribution is 0.0644. The topological polar surface area (TPSA) is 46.3 Å². The number of rotatable bonds is 3. The van der Waals surface area contributed by atoms with Gasteiger partial charge in [0.25, 0.3) is 5.91 Å². The number of benzene rings is 1. The molecule has 0 atom stereocenters. The number of hydrogen-bond donors (Lipinski definition) is 0. The summed E-state index contributed by atoms with van der Waals surface area (Å²) in [6, 6.07) is 5.74. The molecule has 102 valence electrons. The molecule has 2 rings (SSSR count). The molecule has 0 spiro atoms. The van der Waals surface area contributed by atoms with Crippen LogP contribution in [0.2, 0.25) is 0 Å². The van der Waals surface area contributed by atoms with Gasteiger partial charge < -0.3 is 9.32 Å². The van der Waals surface area contributed by atoms with Crippen LogP contribution in [0.15, 0.2) is 22.6 Å². The van der Waals surface area contributed by atoms with E-state index in [0.29, 0.717) is 11.5 Å². The van der Waals surface area contributed by atoms with Crippen LogP contribution in [-0.2, 0) is 0 Å². The Morgan fingerprint density at radius 1 is 1.21 bits per heavy atom. The van der Waals surface area contributed by atoms with Gasteiger partial charge in [-0.05, 0) is 45.9 Å². The van der Waals surface area contributed by atoms with Crippen LogP contribution in [0.4, 0.5) is 0 Å². The Kier molecular flexibility index (Phi) is 3.60. The number of fused-ring (bicyclic) bond motifs is 1. The summed E-state index contributed by atoms with van der Waals surface area (Å²) in [5.41, 5.74) is 2.11. The van der Waals surface area contributed by atoms with Crippen LogP contribution in [0.3, 0.4) is 0 Å². The maximum Gasteiger partial charge on any atom is 0.254 e. The molecule has 0 aliphatic rings. The summed E-state index contributed by atoms with van der Waals surface area (Å²) in [4.78, 5) is 18.7. The van der Waals surface area contributed by atoms with Crippen LogP contribution in [0.5, 0.6) is 0 Å². The van der Waals surface area contributed by atoms with E-state index in [-0.39, 0.29) is 18.0 Å². The predicted octanol–water partition coefficient (Wildman–Crippen LogP) is 3.40. The van der Waals surface area contributed by atoms with Crippen LogP contribution in [0, 0.1) is 6.92 Å². The number of aromatic nitrogens is 1. The van der Waals surface area contributed by atoms with Crippen molar-refractivity contribution in [2.24, 2.45) is 0 Å². The average molecular weight is 260 g/mol. The number of aryl methyl sites for hydroxylation is 1. The minimum atomic E-state index is 0.0348. The zero-order chi connectivity index (χ0) is 14.2. The Hall–Kier alpha value is -1.84. The maximum atomic E-state index is 12.5. The fraction of sp³-hybridized carbons (Fsp3) is 0.467. The lowest BCUT2D eigenvalue weighted by Gasteiger charge is -2.30. The number of hydrogen-bond acceptors (Lipinski definition) is 3. The molecule has 1 amide bonds. The number of carbonyl (C=O) groups is 1. The lowest BCUT2D eigenvalue weighted by atomic mass is 10.1. The molecule has 2 aromatic rings. The molecule has 0 radical (unpaired) electrons. The summed E-state index contributed by atoms with van der Waals surface area (Å²) in [6.07, 6.45) is 0. The van der Waals surface area contributed by atoms with Crippen LogP contribution >= 0.6 is 0 Å². The second-order valence-electron chi connectivity index (χ2n) is 5.32. The molecule has 1 aromatic carbocycles. The van der Waals surface area contributed by atoms with Crippen LogP contribution < -0.4 is 0 Å². The van der Waals surface area contributed by atoms with Gasteiger partial charge >= 0.3 is 0 Å². The number of nitrogens with zero attached hydrogens (tertiary/aromatic N) is 2. The SMILES string of the molecule is Cc1nc2cc(C(=O)N(C(C)C)C(C)C)ccc2o1. The molecule has 1 aromatic heterocycles. The van der Waals surface area contributed by atoms with E-state index < -0.39 is 0 Å². The van der Waals surface area contributed by atoms with Gasteiger partial charge in [-0.1, -0.05) is 0 Å². The second kappa shape index (κ2) is 5.03. The molecular formula is C15H20N2O2. The van der Waals surface area contributed by atoms with Gasteiger partial charge in [0.2, 0.25) is 0 Å². The molecule has 1 heterocycles. The third kappa shape index (κ3) is 2.62. The van der Waals surface area contributed by atoms with Crippen LogP contribution in [0.25, 0.3) is 11.1 Å². The van der Waals surface area contributed by atoms with Crippen molar-refractivity contribution < 1.29 is 9.21 Å². The van der Waals surface area contributed by atoms with Crippen molar-refractivity contribution in [3.05, 3.63) is 29.7 Å². The average Bonchev–Trinajstić information content (AvgIpc) is 2.66. The largest absolute Gasteiger partial charge is 0.441 e. The van der Waals surface area contributed by atoms with Gasteiger partial charge in [0.1, 0.15) is 5.52 Å². The van der Waals surface area contributed by atoms with Crippen LogP contribution in [-0.4, -0.2) is 27.9 Å². The van der Waals surface area contributed by atoms with Crippen molar-refractivity contribution >= 4 is 17.0 Å². The third-order valence-corrected chi connectivity index (χ3v) is 3.09. The highest BCUT2D eigenvalue weighted by molar-refractivity contribution is 5.97. The zero-order valence-electron chi connectivity index (χ0n) is 12.1. The van der Waals surface area contributed by atoms with E-state index in [0.717, 1.165) is 11.1 Å². The van der Waals surface area contributed by atoms with Gasteiger partial charge in [-0.15, -0.1) is 0 Å². The molecular weight excluding hydrogens is 240 g/mol. The molecule has 0 aliphatic carbocycles. The first-order valence-electron chi connectivity index (χ1n) is 6.60. The summed E-state index contributed by atoms with van der Waals surface area (Å²) in [7, 11) is 0. The first-order chi connectivity index (χ1) is 8.90. The monoisotopic (exact) mass is 260 g/mol. The molecule has 0 saturated carbocycles. The number of amides is 1. The summed E-state index contributed by atoms with van der Waals surface area (Å²) >= 11 is 0. The second-order valence-corrected chi connectivity index (χ2v) is 5.32. The fourth-order valence-electron chi connectivity index (χ4n) is 2.39. The Labute approximate surface area is 113 Å². The van der Waals surface area contributed by atoms with Crippen molar-refractivity contribution in [2.75, 3.05) is 0 Å². The van der Waals surface area contributed by atoms with Crippen molar-refractivity contribution in [1.82, 2.24) is 9.88 Å². The summed E-state index contributed by atoms with van der Waals surface area (Å²) in [5.74, 6) is 0.650. The number of carbonyl (C=O) groups excluding carboxylic acids is 1. The van der Waals surface area contributed by atoms with E-state index in [1.54, 1.807) is 25.1 Å². The summed E-state index contributed by atoms with van der Waals surface area (Å²) in [5, 5.41) is 0. The Morgan fingerprint density at radius 2 is 1.84 bits per heavy atom. The first-order valence-corrected chi connectivity index (χ1v) is 6.60. The third-order valence-electron chi connectivity index (χ3n) is 3.09. The van der Waals surface area contributed by atoms with Crippen molar-refractivity contribution in [2.45, 2.75) is 46.7 Å². The molecule has 0 saturated heterocycles. The quantitative estimate of drug-likeness (QED) is 0.849. The van der Waals surface area contributed by atoms with Gasteiger partial charge in [0, 0.05) is 24.6 Å². The molecule has 0 fully saturated rings. The van der Waals surface area contributed by atoms with E-state index in [9.17, 15) is 4.79 Å². The van der Waals surface area contributed by atoms with Gasteiger partial charge in [-0.25, -0.2) is 4.98 Å². The molecule has 4 heteroatoms. The predicted molar refractivity (Wildman–Crippen MR) is 75.2 cm³/mol.